The van der Waals surface area contributed by atoms with Crippen molar-refractivity contribution in [3.8, 4) is 0 Å². The van der Waals surface area contributed by atoms with E-state index < -0.39 is 0 Å². The van der Waals surface area contributed by atoms with Crippen LogP contribution in [0.3, 0.4) is 0 Å². The minimum atomic E-state index is -0.245. The first-order valence-electron chi connectivity index (χ1n) is 11.3. The number of hydrogen-bond acceptors (Lipinski definition) is 2. The predicted molar refractivity (Wildman–Crippen MR) is 134 cm³/mol. The van der Waals surface area contributed by atoms with Crippen molar-refractivity contribution < 1.29 is 9.18 Å². The zero-order valence-corrected chi connectivity index (χ0v) is 20.2. The highest BCUT2D eigenvalue weighted by Gasteiger charge is 2.46. The van der Waals surface area contributed by atoms with Gasteiger partial charge in [0, 0.05) is 34.4 Å². The Morgan fingerprint density at radius 1 is 1.06 bits per heavy atom. The molecule has 0 bridgehead atoms. The zero-order valence-electron chi connectivity index (χ0n) is 18.7. The zero-order chi connectivity index (χ0) is 23.0. The molecule has 170 valence electrons. The van der Waals surface area contributed by atoms with Crippen LogP contribution in [-0.2, 0) is 12.0 Å². The first-order valence-corrected chi connectivity index (χ1v) is 12.1. The molecule has 0 radical (unpaired) electrons. The van der Waals surface area contributed by atoms with Crippen LogP contribution >= 0.6 is 15.9 Å². The predicted octanol–water partition coefficient (Wildman–Crippen LogP) is 6.48. The van der Waals surface area contributed by atoms with E-state index in [-0.39, 0.29) is 17.3 Å². The molecule has 1 saturated heterocycles. The third kappa shape index (κ3) is 4.55. The average molecular weight is 508 g/mol. The summed E-state index contributed by atoms with van der Waals surface area (Å²) < 4.78 is 15.4. The molecule has 1 N–H and O–H groups in total. The van der Waals surface area contributed by atoms with Gasteiger partial charge in [0.25, 0.3) is 0 Å². The number of carbonyl (C=O) groups excluding carboxylic acids is 1. The highest BCUT2D eigenvalue weighted by molar-refractivity contribution is 9.10. The second-order valence-corrected chi connectivity index (χ2v) is 10.1. The summed E-state index contributed by atoms with van der Waals surface area (Å²) in [5.74, 6) is -0.245. The van der Waals surface area contributed by atoms with Crippen molar-refractivity contribution >= 4 is 33.3 Å². The van der Waals surface area contributed by atoms with Gasteiger partial charge in [0.2, 0.25) is 0 Å². The molecule has 2 aliphatic heterocycles. The minimum absolute atomic E-state index is 0.167. The summed E-state index contributed by atoms with van der Waals surface area (Å²) in [7, 11) is 0. The molecule has 0 aromatic heterocycles. The SMILES string of the molecule is Cc1ccc(NC(=O)N2CC3(CCN(Cc4cccc(Br)c4)CC3)c3cc(F)ccc32)cc1. The second kappa shape index (κ2) is 8.92. The number of hydrogen-bond donors (Lipinski definition) is 1. The summed E-state index contributed by atoms with van der Waals surface area (Å²) in [6.45, 7) is 5.31. The van der Waals surface area contributed by atoms with Crippen LogP contribution in [0.1, 0.15) is 29.5 Å². The van der Waals surface area contributed by atoms with E-state index in [9.17, 15) is 9.18 Å². The molecule has 0 unspecified atom stereocenters. The normalized spacial score (nSPS) is 17.2. The summed E-state index contributed by atoms with van der Waals surface area (Å²) in [6, 6.07) is 20.8. The molecule has 0 atom stereocenters. The van der Waals surface area contributed by atoms with E-state index in [2.05, 4.69) is 44.3 Å². The summed E-state index contributed by atoms with van der Waals surface area (Å²) in [5.41, 5.74) is 4.75. The number of benzene rings is 3. The Morgan fingerprint density at radius 2 is 1.82 bits per heavy atom. The number of fused-ring (bicyclic) bond motifs is 2. The first kappa shape index (κ1) is 22.1. The summed E-state index contributed by atoms with van der Waals surface area (Å²) in [5, 5.41) is 3.01. The van der Waals surface area contributed by atoms with Crippen molar-refractivity contribution in [1.29, 1.82) is 0 Å². The van der Waals surface area contributed by atoms with Crippen LogP contribution in [0.2, 0.25) is 0 Å². The van der Waals surface area contributed by atoms with Crippen molar-refractivity contribution in [1.82, 2.24) is 4.90 Å². The number of anilines is 2. The maximum Gasteiger partial charge on any atom is 0.326 e. The van der Waals surface area contributed by atoms with Crippen molar-refractivity contribution in [3.05, 3.63) is 93.7 Å². The van der Waals surface area contributed by atoms with E-state index >= 15 is 0 Å². The fourth-order valence-corrected chi connectivity index (χ4v) is 5.56. The fraction of sp³-hybridized carbons (Fsp3) is 0.296. The molecule has 0 aliphatic carbocycles. The number of likely N-dealkylation sites (tertiary alicyclic amines) is 1. The van der Waals surface area contributed by atoms with Gasteiger partial charge in [0.1, 0.15) is 5.82 Å². The third-order valence-corrected chi connectivity index (χ3v) is 7.43. The van der Waals surface area contributed by atoms with E-state index in [1.807, 2.05) is 37.3 Å². The van der Waals surface area contributed by atoms with Crippen LogP contribution in [0.5, 0.6) is 0 Å². The lowest BCUT2D eigenvalue weighted by Crippen LogP contribution is -2.46. The number of piperidine rings is 1. The lowest BCUT2D eigenvalue weighted by Gasteiger charge is -2.40. The first-order chi connectivity index (χ1) is 15.9. The van der Waals surface area contributed by atoms with Gasteiger partial charge in [-0.3, -0.25) is 9.80 Å². The summed E-state index contributed by atoms with van der Waals surface area (Å²) >= 11 is 3.55. The summed E-state index contributed by atoms with van der Waals surface area (Å²) in [6.07, 6.45) is 1.79. The largest absolute Gasteiger partial charge is 0.326 e. The maximum absolute atomic E-state index is 14.3. The van der Waals surface area contributed by atoms with Crippen molar-refractivity contribution in [2.45, 2.75) is 31.7 Å². The highest BCUT2D eigenvalue weighted by Crippen LogP contribution is 2.47. The van der Waals surface area contributed by atoms with Crippen molar-refractivity contribution in [3.63, 3.8) is 0 Å². The monoisotopic (exact) mass is 507 g/mol. The number of amides is 2. The molecular formula is C27H27BrFN3O. The quantitative estimate of drug-likeness (QED) is 0.440. The van der Waals surface area contributed by atoms with Crippen LogP contribution < -0.4 is 10.2 Å². The number of rotatable bonds is 3. The number of nitrogens with zero attached hydrogens (tertiary/aromatic N) is 2. The molecule has 0 saturated carbocycles. The van der Waals surface area contributed by atoms with Gasteiger partial charge < -0.3 is 5.32 Å². The van der Waals surface area contributed by atoms with Crippen molar-refractivity contribution in [2.75, 3.05) is 29.9 Å². The van der Waals surface area contributed by atoms with Gasteiger partial charge in [0.05, 0.1) is 0 Å². The topological polar surface area (TPSA) is 35.6 Å². The highest BCUT2D eigenvalue weighted by atomic mass is 79.9. The lowest BCUT2D eigenvalue weighted by molar-refractivity contribution is 0.160. The Kier molecular flexibility index (Phi) is 5.97. The Bertz CT molecular complexity index is 1170. The number of nitrogens with one attached hydrogen (secondary N) is 1. The Balaban J connectivity index is 1.34. The number of urea groups is 1. The van der Waals surface area contributed by atoms with E-state index in [4.69, 9.17) is 0 Å². The van der Waals surface area contributed by atoms with E-state index in [1.165, 1.54) is 11.6 Å². The Morgan fingerprint density at radius 3 is 2.55 bits per heavy atom. The molecule has 3 aromatic rings. The molecular weight excluding hydrogens is 481 g/mol. The molecule has 3 aromatic carbocycles. The van der Waals surface area contributed by atoms with E-state index in [0.29, 0.717) is 6.54 Å². The standard InChI is InChI=1S/C27H27BrFN3O/c1-19-5-8-23(9-6-19)30-26(33)32-18-27(24-16-22(29)7-10-25(24)32)11-13-31(14-12-27)17-20-3-2-4-21(28)15-20/h2-10,15-16H,11-14,17-18H2,1H3,(H,30,33). The number of aryl methyl sites for hydroxylation is 1. The minimum Gasteiger partial charge on any atom is -0.308 e. The van der Waals surface area contributed by atoms with Gasteiger partial charge >= 0.3 is 6.03 Å². The van der Waals surface area contributed by atoms with Crippen LogP contribution in [0, 0.1) is 12.7 Å². The fourth-order valence-electron chi connectivity index (χ4n) is 5.11. The molecule has 5 rings (SSSR count). The smallest absolute Gasteiger partial charge is 0.308 e. The van der Waals surface area contributed by atoms with Gasteiger partial charge in [0.15, 0.2) is 0 Å². The van der Waals surface area contributed by atoms with Crippen LogP contribution in [0.4, 0.5) is 20.6 Å². The Labute approximate surface area is 202 Å². The van der Waals surface area contributed by atoms with Crippen LogP contribution in [-0.4, -0.2) is 30.6 Å². The molecule has 6 heteroatoms. The molecule has 2 heterocycles. The van der Waals surface area contributed by atoms with Crippen LogP contribution in [0.15, 0.2) is 71.2 Å². The number of halogens is 2. The molecule has 2 aliphatic rings. The Hall–Kier alpha value is -2.70. The average Bonchev–Trinajstić information content (AvgIpc) is 3.10. The van der Waals surface area contributed by atoms with Gasteiger partial charge in [-0.25, -0.2) is 9.18 Å². The van der Waals surface area contributed by atoms with Gasteiger partial charge in [-0.15, -0.1) is 0 Å². The van der Waals surface area contributed by atoms with E-state index in [1.54, 1.807) is 17.0 Å². The molecule has 1 spiro atoms. The van der Waals surface area contributed by atoms with E-state index in [0.717, 1.165) is 59.5 Å². The summed E-state index contributed by atoms with van der Waals surface area (Å²) in [4.78, 5) is 17.5. The third-order valence-electron chi connectivity index (χ3n) is 6.94. The molecule has 4 nitrogen and oxygen atoms in total. The van der Waals surface area contributed by atoms with Gasteiger partial charge in [-0.05, 0) is 86.4 Å². The van der Waals surface area contributed by atoms with Crippen molar-refractivity contribution in [2.24, 2.45) is 0 Å². The maximum atomic E-state index is 14.3. The molecule has 1 fully saturated rings. The molecule has 33 heavy (non-hydrogen) atoms. The van der Waals surface area contributed by atoms with Gasteiger partial charge in [-0.1, -0.05) is 45.8 Å². The second-order valence-electron chi connectivity index (χ2n) is 9.23. The van der Waals surface area contributed by atoms with Crippen LogP contribution in [0.25, 0.3) is 0 Å². The lowest BCUT2D eigenvalue weighted by atomic mass is 9.74. The number of carbonyl (C=O) groups is 1. The molecule has 2 amide bonds. The van der Waals surface area contributed by atoms with Gasteiger partial charge in [-0.2, -0.15) is 0 Å².